The van der Waals surface area contributed by atoms with Crippen LogP contribution < -0.4 is 15.4 Å². The molecular formula is C19H16FN5O3. The topological polar surface area (TPSA) is 98.1 Å². The number of anilines is 2. The molecule has 3 aromatic rings. The summed E-state index contributed by atoms with van der Waals surface area (Å²) >= 11 is 0. The predicted octanol–water partition coefficient (Wildman–Crippen LogP) is 2.61. The van der Waals surface area contributed by atoms with Crippen LogP contribution in [0.5, 0.6) is 5.75 Å². The van der Waals surface area contributed by atoms with Crippen LogP contribution in [0.4, 0.5) is 16.0 Å². The number of nitrogens with zero attached hydrogens (tertiary/aromatic N) is 3. The third-order valence-electron chi connectivity index (χ3n) is 4.30. The van der Waals surface area contributed by atoms with E-state index in [4.69, 9.17) is 4.74 Å². The number of rotatable bonds is 5. The van der Waals surface area contributed by atoms with Crippen LogP contribution in [-0.4, -0.2) is 33.7 Å². The highest BCUT2D eigenvalue weighted by molar-refractivity contribution is 6.01. The molecule has 0 fully saturated rings. The third kappa shape index (κ3) is 3.41. The number of carbonyl (C=O) groups excluding carboxylic acids is 2. The van der Waals surface area contributed by atoms with Crippen LogP contribution >= 0.6 is 0 Å². The zero-order valence-corrected chi connectivity index (χ0v) is 14.8. The average Bonchev–Trinajstić information content (AvgIpc) is 3.20. The van der Waals surface area contributed by atoms with Gasteiger partial charge >= 0.3 is 0 Å². The van der Waals surface area contributed by atoms with Crippen LogP contribution in [0.2, 0.25) is 0 Å². The average molecular weight is 381 g/mol. The van der Waals surface area contributed by atoms with Gasteiger partial charge in [-0.1, -0.05) is 6.07 Å². The Morgan fingerprint density at radius 2 is 2.07 bits per heavy atom. The molecular weight excluding hydrogens is 365 g/mol. The summed E-state index contributed by atoms with van der Waals surface area (Å²) in [6.45, 7) is 0. The maximum Gasteiger partial charge on any atom is 0.252 e. The highest BCUT2D eigenvalue weighted by Gasteiger charge is 2.35. The Labute approximate surface area is 159 Å². The predicted molar refractivity (Wildman–Crippen MR) is 99.3 cm³/mol. The first-order chi connectivity index (χ1) is 13.5. The van der Waals surface area contributed by atoms with Crippen LogP contribution in [0, 0.1) is 5.82 Å². The molecule has 0 saturated heterocycles. The second kappa shape index (κ2) is 7.10. The van der Waals surface area contributed by atoms with Gasteiger partial charge in [0, 0.05) is 11.3 Å². The zero-order chi connectivity index (χ0) is 19.7. The Morgan fingerprint density at radius 1 is 1.29 bits per heavy atom. The number of hydrogen-bond donors (Lipinski definition) is 2. The molecule has 2 aromatic carbocycles. The van der Waals surface area contributed by atoms with Gasteiger partial charge in [-0.05, 0) is 42.5 Å². The van der Waals surface area contributed by atoms with Crippen molar-refractivity contribution >= 4 is 23.5 Å². The van der Waals surface area contributed by atoms with E-state index in [1.54, 1.807) is 37.4 Å². The van der Waals surface area contributed by atoms with Crippen molar-refractivity contribution in [3.05, 3.63) is 54.3 Å². The van der Waals surface area contributed by atoms with Crippen molar-refractivity contribution in [2.24, 2.45) is 0 Å². The van der Waals surface area contributed by atoms with Gasteiger partial charge in [0.05, 0.1) is 13.5 Å². The smallest absolute Gasteiger partial charge is 0.252 e. The molecule has 1 aliphatic heterocycles. The molecule has 0 spiro atoms. The number of nitrogens with one attached hydrogen (secondary N) is 2. The molecule has 0 radical (unpaired) electrons. The molecule has 0 aliphatic carbocycles. The van der Waals surface area contributed by atoms with Crippen LogP contribution in [0.15, 0.2) is 48.5 Å². The molecule has 28 heavy (non-hydrogen) atoms. The van der Waals surface area contributed by atoms with Gasteiger partial charge in [-0.25, -0.2) is 9.07 Å². The Bertz CT molecular complexity index is 1050. The van der Waals surface area contributed by atoms with Gasteiger partial charge in [0.2, 0.25) is 11.9 Å². The fourth-order valence-corrected chi connectivity index (χ4v) is 2.93. The van der Waals surface area contributed by atoms with Gasteiger partial charge in [-0.15, -0.1) is 5.10 Å². The lowest BCUT2D eigenvalue weighted by molar-refractivity contribution is -0.123. The number of amides is 2. The summed E-state index contributed by atoms with van der Waals surface area (Å²) < 4.78 is 19.8. The van der Waals surface area contributed by atoms with E-state index in [9.17, 15) is 14.0 Å². The standard InChI is InChI=1S/C19H16FN5O3/c1-28-14-7-5-11(6-8-14)17-22-19-23-18(27)15(25(19)24-17)10-16(26)21-13-4-2-3-12(20)9-13/h2-9,15H,10H2,1H3,(H,21,26)(H,22,23,24,27). The Morgan fingerprint density at radius 3 is 2.79 bits per heavy atom. The lowest BCUT2D eigenvalue weighted by Crippen LogP contribution is -2.23. The zero-order valence-electron chi connectivity index (χ0n) is 14.8. The first-order valence-corrected chi connectivity index (χ1v) is 8.51. The molecule has 1 atom stereocenters. The van der Waals surface area contributed by atoms with Crippen molar-refractivity contribution in [3.8, 4) is 17.1 Å². The van der Waals surface area contributed by atoms with Gasteiger partial charge in [0.25, 0.3) is 5.91 Å². The fraction of sp³-hybridized carbons (Fsp3) is 0.158. The molecule has 2 amide bonds. The molecule has 4 rings (SSSR count). The van der Waals surface area contributed by atoms with Crippen molar-refractivity contribution in [3.63, 3.8) is 0 Å². The number of carbonyl (C=O) groups is 2. The summed E-state index contributed by atoms with van der Waals surface area (Å²) in [4.78, 5) is 28.8. The number of benzene rings is 2. The SMILES string of the molecule is COc1ccc(-c2nc3n(n2)C(CC(=O)Nc2cccc(F)c2)C(=O)N3)cc1. The van der Waals surface area contributed by atoms with Gasteiger partial charge in [0.1, 0.15) is 17.6 Å². The van der Waals surface area contributed by atoms with Crippen LogP contribution in [0.25, 0.3) is 11.4 Å². The molecule has 142 valence electrons. The van der Waals surface area contributed by atoms with Gasteiger partial charge < -0.3 is 10.1 Å². The minimum atomic E-state index is -0.831. The summed E-state index contributed by atoms with van der Waals surface area (Å²) in [5, 5.41) is 9.57. The number of hydrogen-bond acceptors (Lipinski definition) is 5. The minimum absolute atomic E-state index is 0.152. The number of ether oxygens (including phenoxy) is 1. The molecule has 1 unspecified atom stereocenters. The molecule has 2 N–H and O–H groups in total. The van der Waals surface area contributed by atoms with E-state index in [0.29, 0.717) is 17.3 Å². The molecule has 1 aromatic heterocycles. The Kier molecular flexibility index (Phi) is 4.48. The number of aromatic nitrogens is 3. The first kappa shape index (κ1) is 17.7. The van der Waals surface area contributed by atoms with Crippen molar-refractivity contribution in [1.29, 1.82) is 0 Å². The molecule has 9 heteroatoms. The summed E-state index contributed by atoms with van der Waals surface area (Å²) in [7, 11) is 1.58. The Balaban J connectivity index is 1.51. The second-order valence-electron chi connectivity index (χ2n) is 6.20. The van der Waals surface area contributed by atoms with Crippen molar-refractivity contribution < 1.29 is 18.7 Å². The lowest BCUT2D eigenvalue weighted by Gasteiger charge is -2.10. The van der Waals surface area contributed by atoms with Crippen molar-refractivity contribution in [2.45, 2.75) is 12.5 Å². The first-order valence-electron chi connectivity index (χ1n) is 8.51. The monoisotopic (exact) mass is 381 g/mol. The highest BCUT2D eigenvalue weighted by Crippen LogP contribution is 2.29. The van der Waals surface area contributed by atoms with E-state index in [1.165, 1.54) is 22.9 Å². The van der Waals surface area contributed by atoms with Crippen LogP contribution in [0.3, 0.4) is 0 Å². The molecule has 8 nitrogen and oxygen atoms in total. The maximum absolute atomic E-state index is 13.2. The quantitative estimate of drug-likeness (QED) is 0.708. The van der Waals surface area contributed by atoms with Crippen LogP contribution in [-0.2, 0) is 9.59 Å². The lowest BCUT2D eigenvalue weighted by atomic mass is 10.2. The molecule has 0 saturated carbocycles. The number of fused-ring (bicyclic) bond motifs is 1. The van der Waals surface area contributed by atoms with E-state index in [1.807, 2.05) is 0 Å². The Hall–Kier alpha value is -3.75. The highest BCUT2D eigenvalue weighted by atomic mass is 19.1. The summed E-state index contributed by atoms with van der Waals surface area (Å²) in [5.74, 6) is 0.146. The summed E-state index contributed by atoms with van der Waals surface area (Å²) in [6.07, 6.45) is -0.152. The molecule has 0 bridgehead atoms. The fourth-order valence-electron chi connectivity index (χ4n) is 2.93. The largest absolute Gasteiger partial charge is 0.497 e. The van der Waals surface area contributed by atoms with Crippen molar-refractivity contribution in [2.75, 3.05) is 17.7 Å². The number of methoxy groups -OCH3 is 1. The number of halogens is 1. The minimum Gasteiger partial charge on any atom is -0.497 e. The van der Waals surface area contributed by atoms with Crippen LogP contribution in [0.1, 0.15) is 12.5 Å². The van der Waals surface area contributed by atoms with Crippen molar-refractivity contribution in [1.82, 2.24) is 14.8 Å². The van der Waals surface area contributed by atoms with Gasteiger partial charge in [-0.2, -0.15) is 4.98 Å². The van der Waals surface area contributed by atoms with E-state index < -0.39 is 17.8 Å². The normalized spacial score (nSPS) is 15.1. The van der Waals surface area contributed by atoms with Gasteiger partial charge in [-0.3, -0.25) is 14.9 Å². The van der Waals surface area contributed by atoms with E-state index in [-0.39, 0.29) is 18.3 Å². The summed E-state index contributed by atoms with van der Waals surface area (Å²) in [6, 6.07) is 11.9. The van der Waals surface area contributed by atoms with Gasteiger partial charge in [0.15, 0.2) is 5.82 Å². The third-order valence-corrected chi connectivity index (χ3v) is 4.30. The molecule has 1 aliphatic rings. The van der Waals surface area contributed by atoms with E-state index in [2.05, 4.69) is 20.7 Å². The molecule has 2 heterocycles. The maximum atomic E-state index is 13.2. The summed E-state index contributed by atoms with van der Waals surface area (Å²) in [5.41, 5.74) is 1.07. The van der Waals surface area contributed by atoms with E-state index in [0.717, 1.165) is 5.56 Å². The van der Waals surface area contributed by atoms with E-state index >= 15 is 0 Å². The second-order valence-corrected chi connectivity index (χ2v) is 6.20.